The van der Waals surface area contributed by atoms with Crippen molar-refractivity contribution >= 4 is 50.2 Å². The van der Waals surface area contributed by atoms with Gasteiger partial charge in [-0.1, -0.05) is 114 Å². The summed E-state index contributed by atoms with van der Waals surface area (Å²) in [5, 5.41) is 16.1. The number of cyclic esters (lactones) is 1. The summed E-state index contributed by atoms with van der Waals surface area (Å²) >= 11 is 1.33. The highest BCUT2D eigenvalue weighted by Gasteiger charge is 2.74. The number of hydrogen-bond donors (Lipinski definition) is 3. The summed E-state index contributed by atoms with van der Waals surface area (Å²) in [6, 6.07) is 37.3. The van der Waals surface area contributed by atoms with Gasteiger partial charge < -0.3 is 25.2 Å². The van der Waals surface area contributed by atoms with Crippen molar-refractivity contribution in [3.63, 3.8) is 0 Å². The number of morpholine rings is 1. The number of fused-ring (bicyclic) bond motifs is 4. The number of aromatic nitrogens is 1. The van der Waals surface area contributed by atoms with Crippen molar-refractivity contribution in [2.45, 2.75) is 55.3 Å². The molecule has 10 rings (SSSR count). The predicted octanol–water partition coefficient (Wildman–Crippen LogP) is 8.43. The lowest BCUT2D eigenvalue weighted by Crippen LogP contribution is -2.53. The van der Waals surface area contributed by atoms with Gasteiger partial charge in [0.1, 0.15) is 29.9 Å². The van der Waals surface area contributed by atoms with E-state index in [4.69, 9.17) is 14.5 Å². The molecule has 1 aromatic heterocycles. The number of esters is 1. The van der Waals surface area contributed by atoms with Gasteiger partial charge in [0.15, 0.2) is 5.13 Å². The molecule has 2 amide bonds. The number of anilines is 2. The number of nitrogens with zero attached hydrogens (tertiary/aromatic N) is 2. The Labute approximate surface area is 357 Å². The van der Waals surface area contributed by atoms with Crippen molar-refractivity contribution in [2.75, 3.05) is 23.8 Å². The number of aliphatic hydroxyl groups excluding tert-OH is 1. The minimum atomic E-state index is -1.69. The Bertz CT molecular complexity index is 2710. The van der Waals surface area contributed by atoms with Gasteiger partial charge in [0.05, 0.1) is 34.8 Å². The smallest absolute Gasteiger partial charge is 0.324 e. The summed E-state index contributed by atoms with van der Waals surface area (Å²) in [7, 11) is 0. The molecule has 61 heavy (non-hydrogen) atoms. The van der Waals surface area contributed by atoms with E-state index in [1.54, 1.807) is 12.1 Å². The summed E-state index contributed by atoms with van der Waals surface area (Å²) in [5.74, 6) is 4.40. The van der Waals surface area contributed by atoms with E-state index in [0.717, 1.165) is 52.6 Å². The molecule has 6 atom stereocenters. The molecule has 1 aliphatic carbocycles. The molecule has 2 fully saturated rings. The van der Waals surface area contributed by atoms with Gasteiger partial charge >= 0.3 is 5.97 Å². The number of carbonyl (C=O) groups is 3. The van der Waals surface area contributed by atoms with E-state index in [9.17, 15) is 5.11 Å². The fraction of sp³-hybridized carbons (Fsp3) is 0.240. The molecule has 3 aliphatic heterocycles. The maximum Gasteiger partial charge on any atom is 0.324 e. The number of aliphatic hydroxyl groups is 1. The Morgan fingerprint density at radius 1 is 0.885 bits per heavy atom. The number of thiazole rings is 1. The summed E-state index contributed by atoms with van der Waals surface area (Å²) in [6.45, 7) is -0.0539. The van der Waals surface area contributed by atoms with Gasteiger partial charge in [-0.25, -0.2) is 4.98 Å². The minimum Gasteiger partial charge on any atom is -0.491 e. The van der Waals surface area contributed by atoms with Crippen molar-refractivity contribution in [1.82, 2.24) is 9.88 Å². The minimum absolute atomic E-state index is 0.103. The molecule has 4 heterocycles. The predicted molar refractivity (Wildman–Crippen MR) is 234 cm³/mol. The molecule has 11 heteroatoms. The fourth-order valence-electron chi connectivity index (χ4n) is 9.79. The molecule has 5 aromatic carbocycles. The zero-order valence-corrected chi connectivity index (χ0v) is 33.9. The van der Waals surface area contributed by atoms with Gasteiger partial charge in [-0.05, 0) is 96.0 Å². The molecule has 0 bridgehead atoms. The van der Waals surface area contributed by atoms with Crippen molar-refractivity contribution in [2.24, 2.45) is 5.92 Å². The first-order chi connectivity index (χ1) is 29.9. The number of para-hydroxylation sites is 1. The molecule has 2 saturated heterocycles. The van der Waals surface area contributed by atoms with Crippen LogP contribution in [-0.2, 0) is 24.5 Å². The standard InChI is InChI=1S/C50H42N4O6S/c55-28-29-59-36-25-23-35(24-26-36)45-50(37-30-32(22-27-38(37)51-48(50)58)21-20-31-12-4-1-5-13-31)41(46(56)53-49-52-39-18-10-11-19-40(39)61-49)43-47(57)60-44(34-16-8-3-9-17-34)42(54(43)45)33-14-6-2-7-15-33/h2-3,6-12,14-19,22-27,30,41-45,55H,1,4-5,13,28-29H2,(H,51,58)(H,52,53,56)/t41-,42-,43-,44+,45+,50-/m0/s1. The normalized spacial score (nSPS) is 24.2. The molecule has 1 spiro atoms. The van der Waals surface area contributed by atoms with Crippen LogP contribution < -0.4 is 15.4 Å². The first-order valence-corrected chi connectivity index (χ1v) is 21.5. The number of benzene rings is 5. The molecule has 0 unspecified atom stereocenters. The number of rotatable bonds is 8. The van der Waals surface area contributed by atoms with Crippen LogP contribution in [0.2, 0.25) is 0 Å². The van der Waals surface area contributed by atoms with E-state index in [-0.39, 0.29) is 13.2 Å². The van der Waals surface area contributed by atoms with Crippen molar-refractivity contribution < 1.29 is 29.0 Å². The van der Waals surface area contributed by atoms with E-state index in [0.29, 0.717) is 33.3 Å². The van der Waals surface area contributed by atoms with Crippen molar-refractivity contribution in [1.29, 1.82) is 0 Å². The topological polar surface area (TPSA) is 130 Å². The van der Waals surface area contributed by atoms with Crippen LogP contribution in [0.4, 0.5) is 10.8 Å². The quantitative estimate of drug-likeness (QED) is 0.103. The molecule has 0 radical (unpaired) electrons. The number of amides is 2. The SMILES string of the molecule is O=C1O[C@H](c2ccccc2)[C@H](c2ccccc2)N2[C@H]1[C@@H](C(=O)Nc1nc3ccccc3s1)[C@]1(C(=O)Nc3ccc(C#CC4=CCCCC4)cc31)[C@H]2c1ccc(OCCO)cc1. The van der Waals surface area contributed by atoms with Gasteiger partial charge in [-0.15, -0.1) is 0 Å². The van der Waals surface area contributed by atoms with Gasteiger partial charge in [-0.3, -0.25) is 19.3 Å². The lowest BCUT2D eigenvalue weighted by Gasteiger charge is -2.46. The zero-order chi connectivity index (χ0) is 41.5. The molecule has 6 aromatic rings. The first kappa shape index (κ1) is 38.6. The van der Waals surface area contributed by atoms with Crippen LogP contribution in [0.3, 0.4) is 0 Å². The maximum atomic E-state index is 15.5. The van der Waals surface area contributed by atoms with Crippen molar-refractivity contribution in [3.8, 4) is 17.6 Å². The van der Waals surface area contributed by atoms with E-state index < -0.39 is 53.3 Å². The van der Waals surface area contributed by atoms with Gasteiger partial charge in [0, 0.05) is 11.3 Å². The van der Waals surface area contributed by atoms with E-state index in [2.05, 4.69) is 33.5 Å². The number of allylic oxidation sites excluding steroid dienone is 2. The number of ether oxygens (including phenoxy) is 2. The molecule has 10 nitrogen and oxygen atoms in total. The van der Waals surface area contributed by atoms with E-state index in [1.807, 2.05) is 115 Å². The average Bonchev–Trinajstić information content (AvgIpc) is 3.95. The maximum absolute atomic E-state index is 15.5. The van der Waals surface area contributed by atoms with Crippen LogP contribution in [0.25, 0.3) is 10.2 Å². The number of nitrogens with one attached hydrogen (secondary N) is 2. The molecule has 304 valence electrons. The highest BCUT2D eigenvalue weighted by Crippen LogP contribution is 2.65. The van der Waals surface area contributed by atoms with E-state index in [1.165, 1.54) is 11.3 Å². The third kappa shape index (κ3) is 6.77. The van der Waals surface area contributed by atoms with Gasteiger partial charge in [0.2, 0.25) is 11.8 Å². The number of hydrogen-bond acceptors (Lipinski definition) is 9. The van der Waals surface area contributed by atoms with Crippen LogP contribution in [0.15, 0.2) is 139 Å². The van der Waals surface area contributed by atoms with Crippen LogP contribution in [0, 0.1) is 17.8 Å². The highest BCUT2D eigenvalue weighted by atomic mass is 32.1. The molecule has 0 saturated carbocycles. The van der Waals surface area contributed by atoms with Crippen LogP contribution in [-0.4, -0.2) is 52.0 Å². The second-order valence-corrected chi connectivity index (χ2v) is 16.9. The van der Waals surface area contributed by atoms with Crippen LogP contribution >= 0.6 is 11.3 Å². The third-order valence-corrected chi connectivity index (χ3v) is 13.3. The fourth-order valence-corrected chi connectivity index (χ4v) is 10.7. The molecule has 3 N–H and O–H groups in total. The zero-order valence-electron chi connectivity index (χ0n) is 33.1. The second kappa shape index (κ2) is 16.1. The lowest BCUT2D eigenvalue weighted by atomic mass is 9.65. The molecule has 4 aliphatic rings. The Kier molecular flexibility index (Phi) is 10.2. The largest absolute Gasteiger partial charge is 0.491 e. The highest BCUT2D eigenvalue weighted by molar-refractivity contribution is 7.22. The van der Waals surface area contributed by atoms with Crippen LogP contribution in [0.1, 0.15) is 71.7 Å². The first-order valence-electron chi connectivity index (χ1n) is 20.7. The second-order valence-electron chi connectivity index (χ2n) is 15.8. The molecular weight excluding hydrogens is 785 g/mol. The molecular formula is C50H42N4O6S. The Morgan fingerprint density at radius 2 is 1.64 bits per heavy atom. The van der Waals surface area contributed by atoms with E-state index >= 15 is 14.4 Å². The Hall–Kier alpha value is -6.58. The van der Waals surface area contributed by atoms with Crippen molar-refractivity contribution in [3.05, 3.63) is 167 Å². The summed E-state index contributed by atoms with van der Waals surface area (Å²) in [4.78, 5) is 53.0. The van der Waals surface area contributed by atoms with Gasteiger partial charge in [0.25, 0.3) is 0 Å². The van der Waals surface area contributed by atoms with Crippen LogP contribution in [0.5, 0.6) is 5.75 Å². The Balaban J connectivity index is 1.22. The van der Waals surface area contributed by atoms with Gasteiger partial charge in [-0.2, -0.15) is 0 Å². The summed E-state index contributed by atoms with van der Waals surface area (Å²) < 4.78 is 13.2. The average molecular weight is 827 g/mol. The summed E-state index contributed by atoms with van der Waals surface area (Å²) in [6.07, 6.45) is 5.53. The number of carbonyl (C=O) groups excluding carboxylic acids is 3. The summed E-state index contributed by atoms with van der Waals surface area (Å²) in [5.41, 5.74) is 4.23. The third-order valence-electron chi connectivity index (χ3n) is 12.3. The Morgan fingerprint density at radius 3 is 2.38 bits per heavy atom. The monoisotopic (exact) mass is 826 g/mol. The lowest BCUT2D eigenvalue weighted by molar-refractivity contribution is -0.177.